The predicted octanol–water partition coefficient (Wildman–Crippen LogP) is 2.16. The van der Waals surface area contributed by atoms with Gasteiger partial charge in [0.1, 0.15) is 0 Å². The summed E-state index contributed by atoms with van der Waals surface area (Å²) in [6.07, 6.45) is 8.83. The average Bonchev–Trinajstić information content (AvgIpc) is 2.87. The van der Waals surface area contributed by atoms with E-state index in [-0.39, 0.29) is 11.9 Å². The second-order valence-corrected chi connectivity index (χ2v) is 9.41. The van der Waals surface area contributed by atoms with Crippen molar-refractivity contribution < 1.29 is 9.90 Å². The molecular weight excluding hydrogens is 288 g/mol. The minimum Gasteiger partial charge on any atom is -0.389 e. The summed E-state index contributed by atoms with van der Waals surface area (Å²) in [5, 5.41) is 13.5. The zero-order valence-electron chi connectivity index (χ0n) is 14.6. The average molecular weight is 320 g/mol. The lowest BCUT2D eigenvalue weighted by Crippen LogP contribution is -2.58. The molecule has 1 saturated heterocycles. The molecule has 0 aromatic rings. The number of amides is 1. The SMILES string of the molecule is CC(C)(O)CN1CCC[C@@H]1C(=O)NC1C2CC3CC(C2)CC1C3. The molecule has 0 aromatic heterocycles. The Hall–Kier alpha value is -0.610. The molecule has 130 valence electrons. The second kappa shape index (κ2) is 5.73. The molecule has 5 fully saturated rings. The van der Waals surface area contributed by atoms with E-state index in [0.29, 0.717) is 12.6 Å². The summed E-state index contributed by atoms with van der Waals surface area (Å²) in [4.78, 5) is 15.1. The van der Waals surface area contributed by atoms with Crippen LogP contribution in [0, 0.1) is 23.7 Å². The molecule has 1 atom stereocenters. The van der Waals surface area contributed by atoms with Crippen LogP contribution in [0.2, 0.25) is 0 Å². The third kappa shape index (κ3) is 3.17. The van der Waals surface area contributed by atoms with Gasteiger partial charge in [-0.1, -0.05) is 0 Å². The first-order chi connectivity index (χ1) is 10.9. The third-order valence-electron chi connectivity index (χ3n) is 6.79. The van der Waals surface area contributed by atoms with E-state index in [0.717, 1.165) is 43.1 Å². The molecule has 2 N–H and O–H groups in total. The van der Waals surface area contributed by atoms with Crippen molar-refractivity contribution in [3.8, 4) is 0 Å². The number of hydrogen-bond donors (Lipinski definition) is 2. The van der Waals surface area contributed by atoms with E-state index in [9.17, 15) is 9.90 Å². The summed E-state index contributed by atoms with van der Waals surface area (Å²) in [5.74, 6) is 3.59. The standard InChI is InChI=1S/C19H32N2O2/c1-19(2,23)11-21-5-3-4-16(21)18(22)20-17-14-7-12-6-13(9-14)10-15(17)8-12/h12-17,23H,3-11H2,1-2H3,(H,20,22)/t12?,13?,14?,15?,16-,17?/m1/s1. The highest BCUT2D eigenvalue weighted by Crippen LogP contribution is 2.53. The van der Waals surface area contributed by atoms with E-state index in [4.69, 9.17) is 0 Å². The van der Waals surface area contributed by atoms with Crippen LogP contribution in [0.5, 0.6) is 0 Å². The Kier molecular flexibility index (Phi) is 3.96. The van der Waals surface area contributed by atoms with E-state index in [1.165, 1.54) is 32.1 Å². The summed E-state index contributed by atoms with van der Waals surface area (Å²) in [6, 6.07) is 0.401. The molecule has 23 heavy (non-hydrogen) atoms. The second-order valence-electron chi connectivity index (χ2n) is 9.41. The topological polar surface area (TPSA) is 52.6 Å². The molecule has 4 bridgehead atoms. The van der Waals surface area contributed by atoms with Gasteiger partial charge in [-0.15, -0.1) is 0 Å². The molecule has 0 radical (unpaired) electrons. The van der Waals surface area contributed by atoms with Crippen molar-refractivity contribution in [2.45, 2.75) is 76.5 Å². The van der Waals surface area contributed by atoms with Crippen molar-refractivity contribution in [1.29, 1.82) is 0 Å². The first-order valence-corrected chi connectivity index (χ1v) is 9.66. The molecule has 1 aliphatic heterocycles. The highest BCUT2D eigenvalue weighted by atomic mass is 16.3. The van der Waals surface area contributed by atoms with Crippen molar-refractivity contribution in [3.05, 3.63) is 0 Å². The molecule has 4 nitrogen and oxygen atoms in total. The molecule has 4 saturated carbocycles. The van der Waals surface area contributed by atoms with Gasteiger partial charge in [0.2, 0.25) is 5.91 Å². The van der Waals surface area contributed by atoms with Crippen LogP contribution in [-0.4, -0.2) is 46.7 Å². The molecule has 1 amide bonds. The van der Waals surface area contributed by atoms with E-state index in [1.54, 1.807) is 0 Å². The number of carbonyl (C=O) groups excluding carboxylic acids is 1. The van der Waals surface area contributed by atoms with Gasteiger partial charge in [-0.2, -0.15) is 0 Å². The number of nitrogens with zero attached hydrogens (tertiary/aromatic N) is 1. The fourth-order valence-corrected chi connectivity index (χ4v) is 6.23. The molecule has 0 unspecified atom stereocenters. The zero-order valence-corrected chi connectivity index (χ0v) is 14.6. The molecule has 5 rings (SSSR count). The van der Waals surface area contributed by atoms with Gasteiger partial charge in [-0.05, 0) is 89.0 Å². The van der Waals surface area contributed by atoms with Crippen molar-refractivity contribution in [3.63, 3.8) is 0 Å². The summed E-state index contributed by atoms with van der Waals surface area (Å²) < 4.78 is 0. The van der Waals surface area contributed by atoms with Crippen LogP contribution in [0.1, 0.15) is 58.8 Å². The van der Waals surface area contributed by atoms with Gasteiger partial charge in [0, 0.05) is 12.6 Å². The fraction of sp³-hybridized carbons (Fsp3) is 0.947. The smallest absolute Gasteiger partial charge is 0.237 e. The van der Waals surface area contributed by atoms with Crippen LogP contribution in [0.3, 0.4) is 0 Å². The highest BCUT2D eigenvalue weighted by Gasteiger charge is 2.49. The highest BCUT2D eigenvalue weighted by molar-refractivity contribution is 5.82. The molecule has 4 aliphatic carbocycles. The number of rotatable bonds is 4. The number of aliphatic hydroxyl groups is 1. The Morgan fingerprint density at radius 2 is 1.74 bits per heavy atom. The normalized spacial score (nSPS) is 43.1. The Labute approximate surface area is 140 Å². The quantitative estimate of drug-likeness (QED) is 0.835. The van der Waals surface area contributed by atoms with Crippen LogP contribution in [0.25, 0.3) is 0 Å². The van der Waals surface area contributed by atoms with E-state index < -0.39 is 5.60 Å². The number of nitrogens with one attached hydrogen (secondary N) is 1. The van der Waals surface area contributed by atoms with Crippen LogP contribution in [0.4, 0.5) is 0 Å². The lowest BCUT2D eigenvalue weighted by molar-refractivity contribution is -0.130. The Balaban J connectivity index is 1.40. The predicted molar refractivity (Wildman–Crippen MR) is 89.9 cm³/mol. The maximum atomic E-state index is 12.9. The van der Waals surface area contributed by atoms with Gasteiger partial charge < -0.3 is 10.4 Å². The Bertz CT molecular complexity index is 442. The van der Waals surface area contributed by atoms with Crippen LogP contribution < -0.4 is 5.32 Å². The van der Waals surface area contributed by atoms with Crippen molar-refractivity contribution in [2.75, 3.05) is 13.1 Å². The molecule has 5 aliphatic rings. The first-order valence-electron chi connectivity index (χ1n) is 9.66. The molecule has 4 heteroatoms. The summed E-state index contributed by atoms with van der Waals surface area (Å²) in [5.41, 5.74) is -0.731. The molecule has 0 spiro atoms. The van der Waals surface area contributed by atoms with E-state index >= 15 is 0 Å². The van der Waals surface area contributed by atoms with Crippen molar-refractivity contribution >= 4 is 5.91 Å². The van der Waals surface area contributed by atoms with E-state index in [2.05, 4.69) is 10.2 Å². The van der Waals surface area contributed by atoms with Crippen LogP contribution >= 0.6 is 0 Å². The fourth-order valence-electron chi connectivity index (χ4n) is 6.23. The summed E-state index contributed by atoms with van der Waals surface area (Å²) in [6.45, 7) is 5.19. The van der Waals surface area contributed by atoms with E-state index in [1.807, 2.05) is 13.8 Å². The Morgan fingerprint density at radius 1 is 1.13 bits per heavy atom. The first kappa shape index (κ1) is 15.9. The van der Waals surface area contributed by atoms with Crippen molar-refractivity contribution in [2.24, 2.45) is 23.7 Å². The maximum absolute atomic E-state index is 12.9. The van der Waals surface area contributed by atoms with Crippen LogP contribution in [-0.2, 0) is 4.79 Å². The molecular formula is C19H32N2O2. The maximum Gasteiger partial charge on any atom is 0.237 e. The van der Waals surface area contributed by atoms with Gasteiger partial charge in [0.25, 0.3) is 0 Å². The van der Waals surface area contributed by atoms with Gasteiger partial charge >= 0.3 is 0 Å². The monoisotopic (exact) mass is 320 g/mol. The minimum absolute atomic E-state index is 0.0291. The van der Waals surface area contributed by atoms with Crippen molar-refractivity contribution in [1.82, 2.24) is 10.2 Å². The van der Waals surface area contributed by atoms with Gasteiger partial charge in [0.15, 0.2) is 0 Å². The summed E-state index contributed by atoms with van der Waals surface area (Å²) >= 11 is 0. The van der Waals surface area contributed by atoms with Gasteiger partial charge in [0.05, 0.1) is 11.6 Å². The molecule has 0 aromatic carbocycles. The number of hydrogen-bond acceptors (Lipinski definition) is 3. The van der Waals surface area contributed by atoms with Crippen LogP contribution in [0.15, 0.2) is 0 Å². The van der Waals surface area contributed by atoms with Gasteiger partial charge in [-0.3, -0.25) is 9.69 Å². The largest absolute Gasteiger partial charge is 0.389 e. The third-order valence-corrected chi connectivity index (χ3v) is 6.79. The Morgan fingerprint density at radius 3 is 2.30 bits per heavy atom. The number of carbonyl (C=O) groups is 1. The number of likely N-dealkylation sites (tertiary alicyclic amines) is 1. The lowest BCUT2D eigenvalue weighted by Gasteiger charge is -2.54. The summed E-state index contributed by atoms with van der Waals surface area (Å²) in [7, 11) is 0. The lowest BCUT2D eigenvalue weighted by atomic mass is 9.54. The minimum atomic E-state index is -0.731. The number of β-amino-alcohol motifs (C(OH)–C–C–N with tert-alkyl or cyclic N) is 1. The zero-order chi connectivity index (χ0) is 16.2. The van der Waals surface area contributed by atoms with Gasteiger partial charge in [-0.25, -0.2) is 0 Å². The molecule has 1 heterocycles.